The van der Waals surface area contributed by atoms with E-state index in [1.54, 1.807) is 18.3 Å². The van der Waals surface area contributed by atoms with E-state index < -0.39 is 6.36 Å². The van der Waals surface area contributed by atoms with Gasteiger partial charge in [-0.1, -0.05) is 35.9 Å². The van der Waals surface area contributed by atoms with Crippen molar-refractivity contribution in [3.05, 3.63) is 83.8 Å². The van der Waals surface area contributed by atoms with Crippen molar-refractivity contribution in [2.45, 2.75) is 6.36 Å². The van der Waals surface area contributed by atoms with Gasteiger partial charge in [0.25, 0.3) is 0 Å². The third-order valence-electron chi connectivity index (χ3n) is 4.34. The highest BCUT2D eigenvalue weighted by Crippen LogP contribution is 2.24. The molecule has 0 bridgehead atoms. The van der Waals surface area contributed by atoms with Crippen molar-refractivity contribution in [3.63, 3.8) is 0 Å². The second kappa shape index (κ2) is 10.5. The van der Waals surface area contributed by atoms with Crippen LogP contribution in [0.2, 0.25) is 5.02 Å². The fourth-order valence-electron chi connectivity index (χ4n) is 2.80. The van der Waals surface area contributed by atoms with Crippen LogP contribution < -0.4 is 15.5 Å². The second-order valence-electron chi connectivity index (χ2n) is 6.86. The number of anilines is 1. The zero-order chi connectivity index (χ0) is 24.8. The van der Waals surface area contributed by atoms with E-state index in [-0.39, 0.29) is 10.9 Å². The van der Waals surface area contributed by atoms with Gasteiger partial charge < -0.3 is 10.1 Å². The molecule has 13 heteroatoms. The molecule has 2 N–H and O–H groups in total. The lowest BCUT2D eigenvalue weighted by molar-refractivity contribution is -0.274. The predicted molar refractivity (Wildman–Crippen MR) is 130 cm³/mol. The molecule has 178 valence electrons. The molecule has 2 heterocycles. The Balaban J connectivity index is 1.34. The molecular formula is C22H15ClF3N7OS. The first-order chi connectivity index (χ1) is 16.7. The van der Waals surface area contributed by atoms with Crippen molar-refractivity contribution >= 4 is 41.0 Å². The molecule has 2 aromatic heterocycles. The molecule has 0 saturated heterocycles. The fraction of sp³-hybridized carbons (Fsp3) is 0.0455. The Kier molecular flexibility index (Phi) is 7.22. The molecule has 0 aliphatic heterocycles. The number of halogens is 4. The van der Waals surface area contributed by atoms with Gasteiger partial charge in [-0.2, -0.15) is 5.10 Å². The first-order valence-corrected chi connectivity index (χ1v) is 10.6. The van der Waals surface area contributed by atoms with E-state index in [0.717, 1.165) is 11.1 Å². The van der Waals surface area contributed by atoms with Gasteiger partial charge in [0.2, 0.25) is 0 Å². The fourth-order valence-corrected chi connectivity index (χ4v) is 3.07. The predicted octanol–water partition coefficient (Wildman–Crippen LogP) is 5.20. The number of nitrogens with one attached hydrogen (secondary N) is 2. The summed E-state index contributed by atoms with van der Waals surface area (Å²) in [6.45, 7) is 0. The largest absolute Gasteiger partial charge is 0.573 e. The lowest BCUT2D eigenvalue weighted by Crippen LogP contribution is -2.24. The standard InChI is InChI=1S/C22H15ClF3N7OS/c23-16-5-10-19(27-12-16)30-21(35)31-29-11-14-1-3-15(4-2-14)20-28-13-33(32-20)17-6-8-18(9-7-17)34-22(24,25)26/h1-13H,(H2,27,30,31,35). The zero-order valence-corrected chi connectivity index (χ0v) is 19.1. The maximum absolute atomic E-state index is 12.3. The summed E-state index contributed by atoms with van der Waals surface area (Å²) >= 11 is 11.0. The summed E-state index contributed by atoms with van der Waals surface area (Å²) in [7, 11) is 0. The average molecular weight is 518 g/mol. The van der Waals surface area contributed by atoms with E-state index >= 15 is 0 Å². The van der Waals surface area contributed by atoms with E-state index in [1.165, 1.54) is 41.5 Å². The molecule has 0 aliphatic carbocycles. The number of pyridine rings is 1. The number of rotatable bonds is 6. The Labute approximate surface area is 207 Å². The zero-order valence-electron chi connectivity index (χ0n) is 17.6. The van der Waals surface area contributed by atoms with Gasteiger partial charge in [-0.25, -0.2) is 14.6 Å². The first-order valence-electron chi connectivity index (χ1n) is 9.85. The van der Waals surface area contributed by atoms with Crippen LogP contribution in [0.5, 0.6) is 5.75 Å². The Hall–Kier alpha value is -4.03. The minimum absolute atomic E-state index is 0.264. The first kappa shape index (κ1) is 24.1. The number of hydrogen-bond acceptors (Lipinski definition) is 6. The van der Waals surface area contributed by atoms with E-state index in [0.29, 0.717) is 22.4 Å². The molecule has 4 aromatic rings. The summed E-state index contributed by atoms with van der Waals surface area (Å²) in [5, 5.41) is 12.1. The topological polar surface area (TPSA) is 89.2 Å². The molecule has 0 atom stereocenters. The summed E-state index contributed by atoms with van der Waals surface area (Å²) in [4.78, 5) is 8.34. The Morgan fingerprint density at radius 2 is 1.77 bits per heavy atom. The third-order valence-corrected chi connectivity index (χ3v) is 4.76. The van der Waals surface area contributed by atoms with Gasteiger partial charge in [-0.15, -0.1) is 18.3 Å². The van der Waals surface area contributed by atoms with Crippen molar-refractivity contribution in [3.8, 4) is 22.8 Å². The number of hydrogen-bond donors (Lipinski definition) is 2. The lowest BCUT2D eigenvalue weighted by atomic mass is 10.1. The number of benzene rings is 2. The number of aromatic nitrogens is 4. The van der Waals surface area contributed by atoms with E-state index in [9.17, 15) is 13.2 Å². The summed E-state index contributed by atoms with van der Waals surface area (Å²) in [5.74, 6) is 0.665. The van der Waals surface area contributed by atoms with Crippen LogP contribution in [0.25, 0.3) is 17.1 Å². The van der Waals surface area contributed by atoms with Crippen LogP contribution in [0.4, 0.5) is 19.0 Å². The molecule has 4 rings (SSSR count). The van der Waals surface area contributed by atoms with Gasteiger partial charge in [0.15, 0.2) is 10.9 Å². The van der Waals surface area contributed by atoms with Crippen molar-refractivity contribution in [2.24, 2.45) is 5.10 Å². The number of thiocarbonyl (C=S) groups is 1. The molecule has 35 heavy (non-hydrogen) atoms. The molecule has 0 radical (unpaired) electrons. The third kappa shape index (κ3) is 6.98. The van der Waals surface area contributed by atoms with Crippen LogP contribution in [0.3, 0.4) is 0 Å². The molecule has 8 nitrogen and oxygen atoms in total. The van der Waals surface area contributed by atoms with Gasteiger partial charge in [0, 0.05) is 11.8 Å². The quantitative estimate of drug-likeness (QED) is 0.206. The summed E-state index contributed by atoms with van der Waals surface area (Å²) in [6, 6.07) is 16.0. The number of alkyl halides is 3. The molecule has 0 amide bonds. The molecule has 0 saturated carbocycles. The average Bonchev–Trinajstić information content (AvgIpc) is 3.31. The molecule has 0 fully saturated rings. The van der Waals surface area contributed by atoms with E-state index in [1.807, 2.05) is 24.3 Å². The van der Waals surface area contributed by atoms with Gasteiger partial charge in [-0.05, 0) is 54.2 Å². The smallest absolute Gasteiger partial charge is 0.406 e. The molecule has 0 spiro atoms. The summed E-state index contributed by atoms with van der Waals surface area (Å²) < 4.78 is 42.2. The van der Waals surface area contributed by atoms with Gasteiger partial charge in [-0.3, -0.25) is 5.43 Å². The number of nitrogens with zero attached hydrogens (tertiary/aromatic N) is 5. The molecule has 0 aliphatic rings. The summed E-state index contributed by atoms with van der Waals surface area (Å²) in [6.07, 6.45) is -0.188. The number of hydrazone groups is 1. The van der Waals surface area contributed by atoms with Gasteiger partial charge >= 0.3 is 6.36 Å². The lowest BCUT2D eigenvalue weighted by Gasteiger charge is -2.09. The SMILES string of the molecule is FC(F)(F)Oc1ccc(-n2cnc(-c3ccc(C=NNC(=S)Nc4ccc(Cl)cn4)cc3)n2)cc1. The van der Waals surface area contributed by atoms with Crippen molar-refractivity contribution in [1.29, 1.82) is 0 Å². The molecule has 0 unspecified atom stereocenters. The van der Waals surface area contributed by atoms with Crippen molar-refractivity contribution in [1.82, 2.24) is 25.2 Å². The van der Waals surface area contributed by atoms with Gasteiger partial charge in [0.1, 0.15) is 17.9 Å². The maximum atomic E-state index is 12.3. The highest BCUT2D eigenvalue weighted by atomic mass is 35.5. The van der Waals surface area contributed by atoms with Crippen LogP contribution in [0, 0.1) is 0 Å². The Bertz CT molecular complexity index is 1330. The monoisotopic (exact) mass is 517 g/mol. The Morgan fingerprint density at radius 3 is 2.43 bits per heavy atom. The van der Waals surface area contributed by atoms with Crippen molar-refractivity contribution < 1.29 is 17.9 Å². The minimum Gasteiger partial charge on any atom is -0.406 e. The highest BCUT2D eigenvalue weighted by Gasteiger charge is 2.31. The highest BCUT2D eigenvalue weighted by molar-refractivity contribution is 7.80. The normalized spacial score (nSPS) is 11.4. The van der Waals surface area contributed by atoms with E-state index in [4.69, 9.17) is 23.8 Å². The van der Waals surface area contributed by atoms with Crippen LogP contribution in [0.15, 0.2) is 78.3 Å². The maximum Gasteiger partial charge on any atom is 0.573 e. The summed E-state index contributed by atoms with van der Waals surface area (Å²) in [5.41, 5.74) is 4.78. The molecular weight excluding hydrogens is 503 g/mol. The van der Waals surface area contributed by atoms with Crippen LogP contribution in [-0.4, -0.2) is 37.4 Å². The van der Waals surface area contributed by atoms with E-state index in [2.05, 4.69) is 35.6 Å². The van der Waals surface area contributed by atoms with Crippen LogP contribution in [-0.2, 0) is 0 Å². The molecule has 2 aromatic carbocycles. The van der Waals surface area contributed by atoms with Crippen LogP contribution in [0.1, 0.15) is 5.56 Å². The number of ether oxygens (including phenoxy) is 1. The second-order valence-corrected chi connectivity index (χ2v) is 7.71. The van der Waals surface area contributed by atoms with Gasteiger partial charge in [0.05, 0.1) is 16.9 Å². The van der Waals surface area contributed by atoms with Crippen molar-refractivity contribution in [2.75, 3.05) is 5.32 Å². The Morgan fingerprint density at radius 1 is 1.03 bits per heavy atom. The minimum atomic E-state index is -4.74. The van der Waals surface area contributed by atoms with Crippen LogP contribution >= 0.6 is 23.8 Å².